The van der Waals surface area contributed by atoms with Gasteiger partial charge >= 0.3 is 0 Å². The molecule has 1 aliphatic carbocycles. The average molecular weight is 421 g/mol. The lowest BCUT2D eigenvalue weighted by atomic mass is 9.95. The maximum absolute atomic E-state index is 12.8. The highest BCUT2D eigenvalue weighted by molar-refractivity contribution is 7.93. The molecule has 0 spiro atoms. The van der Waals surface area contributed by atoms with Gasteiger partial charge in [-0.15, -0.1) is 0 Å². The summed E-state index contributed by atoms with van der Waals surface area (Å²) in [6.45, 7) is 7.48. The molecule has 1 heterocycles. The van der Waals surface area contributed by atoms with E-state index in [1.165, 1.54) is 12.3 Å². The summed E-state index contributed by atoms with van der Waals surface area (Å²) >= 11 is 0. The van der Waals surface area contributed by atoms with Gasteiger partial charge in [0.15, 0.2) is 15.4 Å². The van der Waals surface area contributed by atoms with Gasteiger partial charge < -0.3 is 10.1 Å². The zero-order valence-corrected chi connectivity index (χ0v) is 18.3. The first-order valence-electron chi connectivity index (χ1n) is 9.52. The van der Waals surface area contributed by atoms with Gasteiger partial charge in [-0.2, -0.15) is 10.2 Å². The van der Waals surface area contributed by atoms with Crippen LogP contribution in [0.5, 0.6) is 5.88 Å². The van der Waals surface area contributed by atoms with Gasteiger partial charge in [-0.25, -0.2) is 13.4 Å². The number of hydrogen-bond acceptors (Lipinski definition) is 7. The first kappa shape index (κ1) is 22.8. The molecule has 1 saturated carbocycles. The fraction of sp³-hybridized carbons (Fsp3) is 0.600. The molecule has 0 aromatic carbocycles. The Morgan fingerprint density at radius 1 is 1.38 bits per heavy atom. The molecule has 1 atom stereocenters. The number of amides is 1. The molecule has 29 heavy (non-hydrogen) atoms. The molecule has 9 heteroatoms. The minimum Gasteiger partial charge on any atom is -0.455 e. The lowest BCUT2D eigenvalue weighted by Crippen LogP contribution is -2.35. The summed E-state index contributed by atoms with van der Waals surface area (Å²) < 4.78 is 28.5. The Bertz CT molecular complexity index is 936. The van der Waals surface area contributed by atoms with Gasteiger partial charge in [-0.05, 0) is 19.8 Å². The SMILES string of the molecule is CC(C=CS(C)(=O)=O)NC(=O)c1cnc(C(C)(C)C)nc1OC1(C#N)CCCC1. The third-order valence-corrected chi connectivity index (χ3v) is 5.20. The van der Waals surface area contributed by atoms with Gasteiger partial charge in [0.05, 0.1) is 0 Å². The van der Waals surface area contributed by atoms with Crippen LogP contribution in [0, 0.1) is 11.3 Å². The van der Waals surface area contributed by atoms with Crippen molar-refractivity contribution in [3.63, 3.8) is 0 Å². The molecule has 1 N–H and O–H groups in total. The molecule has 1 amide bonds. The minimum atomic E-state index is -3.29. The fourth-order valence-electron chi connectivity index (χ4n) is 2.92. The first-order valence-corrected chi connectivity index (χ1v) is 11.5. The Hall–Kier alpha value is -2.47. The van der Waals surface area contributed by atoms with E-state index in [9.17, 15) is 18.5 Å². The zero-order chi connectivity index (χ0) is 21.9. The summed E-state index contributed by atoms with van der Waals surface area (Å²) in [5, 5.41) is 13.4. The maximum atomic E-state index is 12.8. The van der Waals surface area contributed by atoms with Crippen LogP contribution in [0.15, 0.2) is 17.7 Å². The van der Waals surface area contributed by atoms with E-state index < -0.39 is 27.4 Å². The number of nitrogens with one attached hydrogen (secondary N) is 1. The van der Waals surface area contributed by atoms with Gasteiger partial charge in [0.1, 0.15) is 17.5 Å². The summed E-state index contributed by atoms with van der Waals surface area (Å²) in [7, 11) is -3.29. The fourth-order valence-corrected chi connectivity index (χ4v) is 3.44. The third-order valence-electron chi connectivity index (χ3n) is 4.55. The van der Waals surface area contributed by atoms with Crippen LogP contribution in [0.25, 0.3) is 0 Å². The van der Waals surface area contributed by atoms with Crippen molar-refractivity contribution in [2.45, 2.75) is 70.4 Å². The molecule has 1 aromatic rings. The van der Waals surface area contributed by atoms with Gasteiger partial charge in [0.2, 0.25) is 5.88 Å². The summed E-state index contributed by atoms with van der Waals surface area (Å²) in [6, 6.07) is 1.70. The second-order valence-electron chi connectivity index (χ2n) is 8.50. The van der Waals surface area contributed by atoms with E-state index in [4.69, 9.17) is 4.74 Å². The molecule has 1 fully saturated rings. The van der Waals surface area contributed by atoms with Crippen LogP contribution in [0.1, 0.15) is 69.6 Å². The minimum absolute atomic E-state index is 0.0742. The highest BCUT2D eigenvalue weighted by Gasteiger charge is 2.38. The van der Waals surface area contributed by atoms with Crippen LogP contribution >= 0.6 is 0 Å². The lowest BCUT2D eigenvalue weighted by Gasteiger charge is -2.25. The van der Waals surface area contributed by atoms with Crippen molar-refractivity contribution in [1.82, 2.24) is 15.3 Å². The number of rotatable bonds is 6. The van der Waals surface area contributed by atoms with Crippen LogP contribution in [0.4, 0.5) is 0 Å². The van der Waals surface area contributed by atoms with E-state index in [-0.39, 0.29) is 16.9 Å². The Kier molecular flexibility index (Phi) is 6.68. The van der Waals surface area contributed by atoms with E-state index in [0.29, 0.717) is 18.7 Å². The normalized spacial score (nSPS) is 17.7. The van der Waals surface area contributed by atoms with Crippen molar-refractivity contribution in [2.24, 2.45) is 0 Å². The van der Waals surface area contributed by atoms with E-state index in [0.717, 1.165) is 24.5 Å². The van der Waals surface area contributed by atoms with Crippen LogP contribution in [0.3, 0.4) is 0 Å². The molecule has 0 saturated heterocycles. The Morgan fingerprint density at radius 2 is 2.00 bits per heavy atom. The number of nitriles is 1. The lowest BCUT2D eigenvalue weighted by molar-refractivity contribution is 0.0920. The van der Waals surface area contributed by atoms with Crippen molar-refractivity contribution in [1.29, 1.82) is 5.26 Å². The summed E-state index contributed by atoms with van der Waals surface area (Å²) in [5.74, 6) is 0.0718. The van der Waals surface area contributed by atoms with E-state index in [1.54, 1.807) is 6.92 Å². The quantitative estimate of drug-likeness (QED) is 0.750. The van der Waals surface area contributed by atoms with Crippen molar-refractivity contribution in [2.75, 3.05) is 6.26 Å². The smallest absolute Gasteiger partial charge is 0.258 e. The number of aromatic nitrogens is 2. The van der Waals surface area contributed by atoms with Crippen LogP contribution in [-0.2, 0) is 15.3 Å². The zero-order valence-electron chi connectivity index (χ0n) is 17.5. The Balaban J connectivity index is 2.36. The predicted molar refractivity (Wildman–Crippen MR) is 109 cm³/mol. The molecular formula is C20H28N4O4S. The number of ether oxygens (including phenoxy) is 1. The molecule has 8 nitrogen and oxygen atoms in total. The summed E-state index contributed by atoms with van der Waals surface area (Å²) in [6.07, 6.45) is 6.75. The number of carbonyl (C=O) groups excluding carboxylic acids is 1. The molecule has 0 radical (unpaired) electrons. The standard InChI is InChI=1S/C20H28N4O4S/c1-14(8-11-29(5,26)27)23-16(25)15-12-22-18(19(2,3)4)24-17(15)28-20(13-21)9-6-7-10-20/h8,11-12,14H,6-7,9-10H2,1-5H3,(H,23,25). The third kappa shape index (κ3) is 6.26. The number of nitrogens with zero attached hydrogens (tertiary/aromatic N) is 3. The number of carbonyl (C=O) groups is 1. The number of hydrogen-bond donors (Lipinski definition) is 1. The van der Waals surface area contributed by atoms with Crippen LogP contribution < -0.4 is 10.1 Å². The molecule has 0 aliphatic heterocycles. The largest absolute Gasteiger partial charge is 0.455 e. The Labute approximate surface area is 172 Å². The van der Waals surface area contributed by atoms with Crippen LogP contribution in [0.2, 0.25) is 0 Å². The highest BCUT2D eigenvalue weighted by Crippen LogP contribution is 2.35. The second kappa shape index (κ2) is 8.49. The van der Waals surface area contributed by atoms with Crippen molar-refractivity contribution < 1.29 is 17.9 Å². The summed E-state index contributed by atoms with van der Waals surface area (Å²) in [4.78, 5) is 21.5. The highest BCUT2D eigenvalue weighted by atomic mass is 32.2. The molecular weight excluding hydrogens is 392 g/mol. The summed E-state index contributed by atoms with van der Waals surface area (Å²) in [5.41, 5.74) is -1.26. The molecule has 1 aliphatic rings. The van der Waals surface area contributed by atoms with Gasteiger partial charge in [0, 0.05) is 42.2 Å². The maximum Gasteiger partial charge on any atom is 0.258 e. The van der Waals surface area contributed by atoms with Crippen molar-refractivity contribution >= 4 is 15.7 Å². The van der Waals surface area contributed by atoms with E-state index >= 15 is 0 Å². The molecule has 2 rings (SSSR count). The van der Waals surface area contributed by atoms with Crippen molar-refractivity contribution in [3.8, 4) is 11.9 Å². The van der Waals surface area contributed by atoms with E-state index in [1.807, 2.05) is 20.8 Å². The monoisotopic (exact) mass is 420 g/mol. The van der Waals surface area contributed by atoms with Crippen LogP contribution in [-0.4, -0.2) is 42.2 Å². The average Bonchev–Trinajstić information content (AvgIpc) is 3.07. The molecule has 158 valence electrons. The van der Waals surface area contributed by atoms with E-state index in [2.05, 4.69) is 21.4 Å². The predicted octanol–water partition coefficient (Wildman–Crippen LogP) is 2.67. The van der Waals surface area contributed by atoms with Gasteiger partial charge in [0.25, 0.3) is 5.91 Å². The first-order chi connectivity index (χ1) is 13.4. The topological polar surface area (TPSA) is 122 Å². The molecule has 1 unspecified atom stereocenters. The second-order valence-corrected chi connectivity index (χ2v) is 10.4. The van der Waals surface area contributed by atoms with Gasteiger partial charge in [-0.3, -0.25) is 4.79 Å². The Morgan fingerprint density at radius 3 is 2.52 bits per heavy atom. The molecule has 0 bridgehead atoms. The van der Waals surface area contributed by atoms with Gasteiger partial charge in [-0.1, -0.05) is 26.8 Å². The van der Waals surface area contributed by atoms with Crippen molar-refractivity contribution in [3.05, 3.63) is 29.1 Å². The number of sulfone groups is 1. The molecule has 1 aromatic heterocycles.